The Bertz CT molecular complexity index is 821. The van der Waals surface area contributed by atoms with Crippen molar-refractivity contribution in [1.82, 2.24) is 25.5 Å². The van der Waals surface area contributed by atoms with Gasteiger partial charge in [0.2, 0.25) is 0 Å². The molecule has 1 atom stereocenters. The zero-order valence-corrected chi connectivity index (χ0v) is 14.0. The first-order valence-corrected chi connectivity index (χ1v) is 8.53. The summed E-state index contributed by atoms with van der Waals surface area (Å²) in [5.74, 6) is 0.785. The van der Waals surface area contributed by atoms with E-state index in [1.807, 2.05) is 41.1 Å². The molecule has 0 saturated heterocycles. The number of rotatable bonds is 6. The highest BCUT2D eigenvalue weighted by molar-refractivity contribution is 5.56. The second-order valence-corrected chi connectivity index (χ2v) is 6.53. The van der Waals surface area contributed by atoms with E-state index in [-0.39, 0.29) is 0 Å². The quantitative estimate of drug-likeness (QED) is 0.717. The molecule has 1 saturated carbocycles. The Hall–Kier alpha value is -2.51. The molecule has 0 amide bonds. The molecule has 2 heterocycles. The van der Waals surface area contributed by atoms with E-state index in [2.05, 4.69) is 20.8 Å². The number of aliphatic hydroxyl groups excluding tert-OH is 1. The molecule has 0 spiro atoms. The van der Waals surface area contributed by atoms with Crippen LogP contribution >= 0.6 is 0 Å². The van der Waals surface area contributed by atoms with Crippen molar-refractivity contribution in [2.75, 3.05) is 0 Å². The lowest BCUT2D eigenvalue weighted by molar-refractivity contribution is 0.156. The number of benzene rings is 1. The molecular formula is C18H21N5O2. The molecule has 0 aliphatic heterocycles. The zero-order valence-electron chi connectivity index (χ0n) is 14.0. The van der Waals surface area contributed by atoms with Crippen LogP contribution in [-0.4, -0.2) is 31.3 Å². The summed E-state index contributed by atoms with van der Waals surface area (Å²) in [6, 6.07) is 12.6. The predicted molar refractivity (Wildman–Crippen MR) is 91.5 cm³/mol. The van der Waals surface area contributed by atoms with Crippen LogP contribution in [0.2, 0.25) is 0 Å². The van der Waals surface area contributed by atoms with Gasteiger partial charge in [0.1, 0.15) is 0 Å². The minimum atomic E-state index is -0.548. The molecule has 7 heteroatoms. The van der Waals surface area contributed by atoms with Crippen LogP contribution in [0, 0.1) is 0 Å². The SMILES string of the molecule is C[C@H](O)c1cnnn1C1CC(NCc2cc(-c3ccccc3)on2)C1. The highest BCUT2D eigenvalue weighted by Gasteiger charge is 2.32. The van der Waals surface area contributed by atoms with Crippen LogP contribution in [0.1, 0.15) is 43.3 Å². The Morgan fingerprint density at radius 1 is 1.32 bits per heavy atom. The fourth-order valence-corrected chi connectivity index (χ4v) is 3.17. The van der Waals surface area contributed by atoms with Crippen molar-refractivity contribution in [1.29, 1.82) is 0 Å². The molecule has 0 bridgehead atoms. The second kappa shape index (κ2) is 6.78. The molecule has 1 aliphatic carbocycles. The van der Waals surface area contributed by atoms with Gasteiger partial charge in [-0.3, -0.25) is 0 Å². The maximum Gasteiger partial charge on any atom is 0.167 e. The van der Waals surface area contributed by atoms with E-state index in [9.17, 15) is 5.11 Å². The van der Waals surface area contributed by atoms with Gasteiger partial charge >= 0.3 is 0 Å². The van der Waals surface area contributed by atoms with E-state index < -0.39 is 6.10 Å². The van der Waals surface area contributed by atoms with E-state index in [1.54, 1.807) is 13.1 Å². The van der Waals surface area contributed by atoms with Crippen LogP contribution in [0.15, 0.2) is 47.1 Å². The topological polar surface area (TPSA) is 89.0 Å². The summed E-state index contributed by atoms with van der Waals surface area (Å²) < 4.78 is 7.26. The summed E-state index contributed by atoms with van der Waals surface area (Å²) in [6.45, 7) is 2.41. The van der Waals surface area contributed by atoms with E-state index >= 15 is 0 Å². The average molecular weight is 339 g/mol. The molecule has 2 N–H and O–H groups in total. The third-order valence-corrected chi connectivity index (χ3v) is 4.68. The molecule has 0 unspecified atom stereocenters. The second-order valence-electron chi connectivity index (χ2n) is 6.53. The third-order valence-electron chi connectivity index (χ3n) is 4.68. The molecule has 7 nitrogen and oxygen atoms in total. The number of aliphatic hydroxyl groups is 1. The van der Waals surface area contributed by atoms with E-state index in [4.69, 9.17) is 4.52 Å². The summed E-state index contributed by atoms with van der Waals surface area (Å²) in [6.07, 6.45) is 3.01. The van der Waals surface area contributed by atoms with Gasteiger partial charge < -0.3 is 14.9 Å². The number of nitrogens with zero attached hydrogens (tertiary/aromatic N) is 4. The van der Waals surface area contributed by atoms with Crippen molar-refractivity contribution in [3.05, 3.63) is 54.0 Å². The number of hydrogen-bond donors (Lipinski definition) is 2. The van der Waals surface area contributed by atoms with Gasteiger partial charge in [0.25, 0.3) is 0 Å². The molecule has 1 fully saturated rings. The first-order chi connectivity index (χ1) is 12.2. The molecule has 3 aromatic rings. The van der Waals surface area contributed by atoms with Gasteiger partial charge in [-0.15, -0.1) is 5.10 Å². The number of nitrogens with one attached hydrogen (secondary N) is 1. The summed E-state index contributed by atoms with van der Waals surface area (Å²) in [5.41, 5.74) is 2.70. The Kier molecular flexibility index (Phi) is 4.33. The monoisotopic (exact) mass is 339 g/mol. The van der Waals surface area contributed by atoms with E-state index in [1.165, 1.54) is 0 Å². The summed E-state index contributed by atoms with van der Waals surface area (Å²) in [5, 5.41) is 25.4. The minimum Gasteiger partial charge on any atom is -0.387 e. The Morgan fingerprint density at radius 3 is 2.88 bits per heavy atom. The van der Waals surface area contributed by atoms with Crippen LogP contribution in [-0.2, 0) is 6.54 Å². The smallest absolute Gasteiger partial charge is 0.167 e. The van der Waals surface area contributed by atoms with Crippen LogP contribution < -0.4 is 5.32 Å². The molecule has 130 valence electrons. The molecule has 25 heavy (non-hydrogen) atoms. The molecular weight excluding hydrogens is 318 g/mol. The molecule has 2 aromatic heterocycles. The van der Waals surface area contributed by atoms with Crippen molar-refractivity contribution in [2.45, 2.75) is 44.5 Å². The first kappa shape index (κ1) is 16.0. The van der Waals surface area contributed by atoms with Crippen molar-refractivity contribution in [2.24, 2.45) is 0 Å². The Balaban J connectivity index is 1.30. The van der Waals surface area contributed by atoms with Crippen LogP contribution in [0.3, 0.4) is 0 Å². The van der Waals surface area contributed by atoms with Crippen LogP contribution in [0.25, 0.3) is 11.3 Å². The minimum absolute atomic E-state index is 0.293. The average Bonchev–Trinajstić information content (AvgIpc) is 3.23. The van der Waals surface area contributed by atoms with Gasteiger partial charge in [0, 0.05) is 24.2 Å². The lowest BCUT2D eigenvalue weighted by Gasteiger charge is -2.36. The fourth-order valence-electron chi connectivity index (χ4n) is 3.17. The van der Waals surface area contributed by atoms with E-state index in [0.29, 0.717) is 18.6 Å². The van der Waals surface area contributed by atoms with Gasteiger partial charge in [-0.1, -0.05) is 40.7 Å². The summed E-state index contributed by atoms with van der Waals surface area (Å²) in [7, 11) is 0. The molecule has 1 aliphatic rings. The largest absolute Gasteiger partial charge is 0.387 e. The van der Waals surface area contributed by atoms with Gasteiger partial charge in [0.15, 0.2) is 5.76 Å². The summed E-state index contributed by atoms with van der Waals surface area (Å²) in [4.78, 5) is 0. The van der Waals surface area contributed by atoms with Gasteiger partial charge in [-0.05, 0) is 19.8 Å². The van der Waals surface area contributed by atoms with Gasteiger partial charge in [-0.25, -0.2) is 4.68 Å². The first-order valence-electron chi connectivity index (χ1n) is 8.53. The molecule has 1 aromatic carbocycles. The third kappa shape index (κ3) is 3.33. The Labute approximate surface area is 145 Å². The predicted octanol–water partition coefficient (Wildman–Crippen LogP) is 2.48. The molecule has 4 rings (SSSR count). The Morgan fingerprint density at radius 2 is 2.12 bits per heavy atom. The zero-order chi connectivity index (χ0) is 17.2. The standard InChI is InChI=1S/C18H21N5O2/c1-12(24)17-11-20-22-23(17)16-7-14(8-16)19-10-15-9-18(25-21-15)13-5-3-2-4-6-13/h2-6,9,11-12,14,16,19,24H,7-8,10H2,1H3/t12-,14?,16?/m0/s1. The van der Waals surface area contributed by atoms with Crippen molar-refractivity contribution in [3.63, 3.8) is 0 Å². The fraction of sp³-hybridized carbons (Fsp3) is 0.389. The highest BCUT2D eigenvalue weighted by atomic mass is 16.5. The highest BCUT2D eigenvalue weighted by Crippen LogP contribution is 2.33. The van der Waals surface area contributed by atoms with E-state index in [0.717, 1.165) is 35.6 Å². The van der Waals surface area contributed by atoms with Crippen molar-refractivity contribution in [3.8, 4) is 11.3 Å². The van der Waals surface area contributed by atoms with Crippen molar-refractivity contribution < 1.29 is 9.63 Å². The van der Waals surface area contributed by atoms with Crippen molar-refractivity contribution >= 4 is 0 Å². The normalized spacial score (nSPS) is 21.0. The van der Waals surface area contributed by atoms with Crippen LogP contribution in [0.5, 0.6) is 0 Å². The van der Waals surface area contributed by atoms with Gasteiger partial charge in [0.05, 0.1) is 29.7 Å². The molecule has 0 radical (unpaired) electrons. The number of hydrogen-bond acceptors (Lipinski definition) is 6. The maximum absolute atomic E-state index is 9.74. The lowest BCUT2D eigenvalue weighted by atomic mass is 9.86. The maximum atomic E-state index is 9.74. The lowest BCUT2D eigenvalue weighted by Crippen LogP contribution is -2.42. The number of aromatic nitrogens is 4. The van der Waals surface area contributed by atoms with Crippen LogP contribution in [0.4, 0.5) is 0 Å². The summed E-state index contributed by atoms with van der Waals surface area (Å²) >= 11 is 0. The van der Waals surface area contributed by atoms with Gasteiger partial charge in [-0.2, -0.15) is 0 Å².